The molecule has 7 nitrogen and oxygen atoms in total. The van der Waals surface area contributed by atoms with E-state index in [-0.39, 0.29) is 29.3 Å². The Kier molecular flexibility index (Phi) is 6.90. The molecule has 0 fully saturated rings. The zero-order valence-electron chi connectivity index (χ0n) is 17.8. The highest BCUT2D eigenvalue weighted by atomic mass is 32.2. The first-order valence-corrected chi connectivity index (χ1v) is 12.1. The largest absolute Gasteiger partial charge is 0.478 e. The molecule has 0 unspecified atom stereocenters. The van der Waals surface area contributed by atoms with Gasteiger partial charge in [-0.2, -0.15) is 0 Å². The number of carbonyl (C=O) groups excluding carboxylic acids is 1. The smallest absolute Gasteiger partial charge is 0.335 e. The fraction of sp³-hybridized carbons (Fsp3) is 0.167. The summed E-state index contributed by atoms with van der Waals surface area (Å²) in [7, 11) is 0. The highest BCUT2D eigenvalue weighted by Gasteiger charge is 2.15. The highest BCUT2D eigenvalue weighted by Crippen LogP contribution is 2.22. The molecule has 2 N–H and O–H groups in total. The molecule has 0 atom stereocenters. The average molecular weight is 480 g/mol. The van der Waals surface area contributed by atoms with Crippen LogP contribution in [-0.4, -0.2) is 32.3 Å². The lowest BCUT2D eigenvalue weighted by atomic mass is 10.1. The Balaban J connectivity index is 1.55. The second kappa shape index (κ2) is 10.0. The van der Waals surface area contributed by atoms with Crippen LogP contribution in [0.3, 0.4) is 0 Å². The zero-order valence-corrected chi connectivity index (χ0v) is 19.4. The molecule has 2 aromatic heterocycles. The second-order valence-corrected chi connectivity index (χ2v) is 9.17. The molecular formula is C24H21N3O4S2. The van der Waals surface area contributed by atoms with Crippen molar-refractivity contribution in [3.63, 3.8) is 0 Å². The summed E-state index contributed by atoms with van der Waals surface area (Å²) in [6.07, 6.45) is 0.928. The molecule has 0 saturated carbocycles. The number of nitrogens with zero attached hydrogens (tertiary/aromatic N) is 2. The van der Waals surface area contributed by atoms with Crippen LogP contribution >= 0.6 is 23.1 Å². The Morgan fingerprint density at radius 2 is 1.76 bits per heavy atom. The maximum Gasteiger partial charge on any atom is 0.335 e. The topological polar surface area (TPSA) is 101 Å². The first-order valence-electron chi connectivity index (χ1n) is 10.3. The Bertz CT molecular complexity index is 1360. The first-order chi connectivity index (χ1) is 15.9. The normalized spacial score (nSPS) is 10.9. The summed E-state index contributed by atoms with van der Waals surface area (Å²) in [5.41, 5.74) is 3.26. The number of rotatable bonds is 8. The number of nitrogens with one attached hydrogen (secondary N) is 1. The highest BCUT2D eigenvalue weighted by molar-refractivity contribution is 7.99. The number of aromatic carboxylic acids is 1. The van der Waals surface area contributed by atoms with Crippen LogP contribution in [0.4, 0.5) is 5.69 Å². The van der Waals surface area contributed by atoms with Crippen LogP contribution in [0, 0.1) is 0 Å². The molecule has 4 aromatic rings. The molecule has 4 rings (SSSR count). The lowest BCUT2D eigenvalue weighted by Gasteiger charge is -2.12. The predicted octanol–water partition coefficient (Wildman–Crippen LogP) is 4.50. The van der Waals surface area contributed by atoms with E-state index in [0.717, 1.165) is 17.7 Å². The third kappa shape index (κ3) is 5.32. The Morgan fingerprint density at radius 3 is 2.42 bits per heavy atom. The molecule has 0 radical (unpaired) electrons. The number of aromatic nitrogens is 2. The number of benzene rings is 2. The van der Waals surface area contributed by atoms with E-state index in [9.17, 15) is 14.4 Å². The van der Waals surface area contributed by atoms with Crippen LogP contribution in [0.2, 0.25) is 0 Å². The van der Waals surface area contributed by atoms with Crippen molar-refractivity contribution < 1.29 is 14.7 Å². The number of hydrogen-bond donors (Lipinski definition) is 2. The summed E-state index contributed by atoms with van der Waals surface area (Å²) in [5.74, 6) is -1.11. The van der Waals surface area contributed by atoms with Crippen LogP contribution in [0.5, 0.6) is 0 Å². The van der Waals surface area contributed by atoms with Gasteiger partial charge in [0.25, 0.3) is 5.56 Å². The second-order valence-electron chi connectivity index (χ2n) is 7.31. The third-order valence-electron chi connectivity index (χ3n) is 5.05. The van der Waals surface area contributed by atoms with E-state index in [2.05, 4.69) is 17.2 Å². The maximum atomic E-state index is 13.1. The van der Waals surface area contributed by atoms with Gasteiger partial charge in [-0.25, -0.2) is 9.78 Å². The standard InChI is InChI=1S/C24H21N3O4S2/c1-2-15-5-9-18(10-6-15)25-20(28)14-33-24-26-19-11-12-32-21(19)22(29)27(24)13-16-3-7-17(8-4-16)23(30)31/h3-12H,2,13-14H2,1H3,(H,25,28)(H,30,31). The summed E-state index contributed by atoms with van der Waals surface area (Å²) in [6, 6.07) is 15.8. The van der Waals surface area contributed by atoms with E-state index in [4.69, 9.17) is 5.11 Å². The van der Waals surface area contributed by atoms with Gasteiger partial charge >= 0.3 is 5.97 Å². The molecule has 0 bridgehead atoms. The number of carbonyl (C=O) groups is 2. The quantitative estimate of drug-likeness (QED) is 0.285. The fourth-order valence-electron chi connectivity index (χ4n) is 3.26. The molecule has 0 aliphatic heterocycles. The monoisotopic (exact) mass is 479 g/mol. The van der Waals surface area contributed by atoms with Gasteiger partial charge in [0, 0.05) is 5.69 Å². The van der Waals surface area contributed by atoms with Gasteiger partial charge in [-0.3, -0.25) is 14.2 Å². The van der Waals surface area contributed by atoms with Crippen LogP contribution in [-0.2, 0) is 17.8 Å². The van der Waals surface area contributed by atoms with Crippen LogP contribution in [0.1, 0.15) is 28.4 Å². The van der Waals surface area contributed by atoms with Gasteiger partial charge in [-0.1, -0.05) is 43.0 Å². The summed E-state index contributed by atoms with van der Waals surface area (Å²) in [5, 5.41) is 14.2. The lowest BCUT2D eigenvalue weighted by Crippen LogP contribution is -2.24. The van der Waals surface area contributed by atoms with Gasteiger partial charge < -0.3 is 10.4 Å². The SMILES string of the molecule is CCc1ccc(NC(=O)CSc2nc3ccsc3c(=O)n2Cc2ccc(C(=O)O)cc2)cc1. The van der Waals surface area contributed by atoms with Crippen LogP contribution < -0.4 is 10.9 Å². The Morgan fingerprint density at radius 1 is 1.06 bits per heavy atom. The molecule has 168 valence electrons. The molecular weight excluding hydrogens is 458 g/mol. The first kappa shape index (κ1) is 22.8. The number of amides is 1. The molecule has 9 heteroatoms. The molecule has 2 heterocycles. The zero-order chi connectivity index (χ0) is 23.4. The molecule has 2 aromatic carbocycles. The number of thiophene rings is 1. The number of anilines is 1. The van der Waals surface area contributed by atoms with Crippen molar-refractivity contribution in [2.75, 3.05) is 11.1 Å². The van der Waals surface area contributed by atoms with E-state index < -0.39 is 5.97 Å². The minimum Gasteiger partial charge on any atom is -0.478 e. The van der Waals surface area contributed by atoms with Gasteiger partial charge in [0.2, 0.25) is 5.91 Å². The molecule has 33 heavy (non-hydrogen) atoms. The van der Waals surface area contributed by atoms with E-state index in [1.807, 2.05) is 29.6 Å². The van der Waals surface area contributed by atoms with Gasteiger partial charge in [0.1, 0.15) is 4.70 Å². The van der Waals surface area contributed by atoms with Gasteiger partial charge in [0.15, 0.2) is 5.16 Å². The number of aryl methyl sites for hydroxylation is 1. The number of fused-ring (bicyclic) bond motifs is 1. The van der Waals surface area contributed by atoms with Crippen molar-refractivity contribution in [3.8, 4) is 0 Å². The van der Waals surface area contributed by atoms with E-state index in [1.165, 1.54) is 45.4 Å². The molecule has 0 spiro atoms. The van der Waals surface area contributed by atoms with Crippen molar-refractivity contribution in [3.05, 3.63) is 87.0 Å². The van der Waals surface area contributed by atoms with Crippen LogP contribution in [0.25, 0.3) is 10.2 Å². The van der Waals surface area contributed by atoms with E-state index in [1.54, 1.807) is 18.2 Å². The number of carboxylic acids is 1. The van der Waals surface area contributed by atoms with E-state index >= 15 is 0 Å². The van der Waals surface area contributed by atoms with Gasteiger partial charge in [0.05, 0.1) is 23.4 Å². The van der Waals surface area contributed by atoms with Gasteiger partial charge in [-0.05, 0) is 53.3 Å². The molecule has 0 aliphatic rings. The average Bonchev–Trinajstić information content (AvgIpc) is 3.29. The fourth-order valence-corrected chi connectivity index (χ4v) is 4.84. The summed E-state index contributed by atoms with van der Waals surface area (Å²) in [4.78, 5) is 41.3. The molecule has 0 aliphatic carbocycles. The predicted molar refractivity (Wildman–Crippen MR) is 132 cm³/mol. The molecule has 0 saturated heterocycles. The van der Waals surface area contributed by atoms with Crippen LogP contribution in [0.15, 0.2) is 69.9 Å². The van der Waals surface area contributed by atoms with Gasteiger partial charge in [-0.15, -0.1) is 11.3 Å². The minimum atomic E-state index is -1.01. The maximum absolute atomic E-state index is 13.1. The lowest BCUT2D eigenvalue weighted by molar-refractivity contribution is -0.113. The number of thioether (sulfide) groups is 1. The summed E-state index contributed by atoms with van der Waals surface area (Å²) < 4.78 is 2.07. The van der Waals surface area contributed by atoms with Crippen molar-refractivity contribution >= 4 is 50.9 Å². The number of carboxylic acid groups (broad SMARTS) is 1. The van der Waals surface area contributed by atoms with Crippen molar-refractivity contribution in [1.29, 1.82) is 0 Å². The number of hydrogen-bond acceptors (Lipinski definition) is 6. The van der Waals surface area contributed by atoms with Crippen molar-refractivity contribution in [2.45, 2.75) is 25.0 Å². The molecule has 1 amide bonds. The summed E-state index contributed by atoms with van der Waals surface area (Å²) >= 11 is 2.51. The third-order valence-corrected chi connectivity index (χ3v) is 6.92. The Hall–Kier alpha value is -3.43. The van der Waals surface area contributed by atoms with Crippen molar-refractivity contribution in [2.24, 2.45) is 0 Å². The summed E-state index contributed by atoms with van der Waals surface area (Å²) in [6.45, 7) is 2.30. The Labute approximate surface area is 198 Å². The van der Waals surface area contributed by atoms with E-state index in [0.29, 0.717) is 15.4 Å². The minimum absolute atomic E-state index is 0.0928. The van der Waals surface area contributed by atoms with Crippen molar-refractivity contribution in [1.82, 2.24) is 9.55 Å².